The zero-order chi connectivity index (χ0) is 17.3. The molecule has 1 saturated heterocycles. The highest BCUT2D eigenvalue weighted by Gasteiger charge is 2.35. The van der Waals surface area contributed by atoms with Crippen LogP contribution < -0.4 is 9.62 Å². The highest BCUT2D eigenvalue weighted by molar-refractivity contribution is 7.89. The van der Waals surface area contributed by atoms with Crippen LogP contribution in [-0.4, -0.2) is 26.9 Å². The van der Waals surface area contributed by atoms with Gasteiger partial charge in [0.25, 0.3) is 0 Å². The Bertz CT molecular complexity index is 860. The highest BCUT2D eigenvalue weighted by atomic mass is 32.2. The molecule has 0 unspecified atom stereocenters. The molecule has 0 bridgehead atoms. The summed E-state index contributed by atoms with van der Waals surface area (Å²) in [5, 5.41) is 0. The van der Waals surface area contributed by atoms with E-state index in [0.717, 1.165) is 16.8 Å². The second-order valence-electron chi connectivity index (χ2n) is 6.10. The van der Waals surface area contributed by atoms with Gasteiger partial charge in [0.1, 0.15) is 6.04 Å². The molecule has 1 heterocycles. The summed E-state index contributed by atoms with van der Waals surface area (Å²) in [5.41, 5.74) is 2.77. The molecule has 0 saturated carbocycles. The molecule has 1 amide bonds. The predicted octanol–water partition coefficient (Wildman–Crippen LogP) is 2.39. The number of nitrogens with zero attached hydrogens (tertiary/aromatic N) is 1. The van der Waals surface area contributed by atoms with E-state index in [1.54, 1.807) is 17.0 Å². The van der Waals surface area contributed by atoms with Crippen LogP contribution in [0, 0.1) is 13.8 Å². The molecule has 126 valence electrons. The maximum absolute atomic E-state index is 12.6. The van der Waals surface area contributed by atoms with Gasteiger partial charge < -0.3 is 4.90 Å². The fraction of sp³-hybridized carbons (Fsp3) is 0.278. The van der Waals surface area contributed by atoms with Crippen molar-refractivity contribution in [2.45, 2.75) is 31.2 Å². The Morgan fingerprint density at radius 2 is 1.75 bits per heavy atom. The Morgan fingerprint density at radius 1 is 1.04 bits per heavy atom. The SMILES string of the molecule is Cc1ccc(N2CC[C@H](NS(=O)(=O)c3cccc(C)c3)C2=O)cc1. The summed E-state index contributed by atoms with van der Waals surface area (Å²) >= 11 is 0. The van der Waals surface area contributed by atoms with Crippen LogP contribution in [0.5, 0.6) is 0 Å². The van der Waals surface area contributed by atoms with Crippen molar-refractivity contribution < 1.29 is 13.2 Å². The van der Waals surface area contributed by atoms with Crippen molar-refractivity contribution in [1.82, 2.24) is 4.72 Å². The van der Waals surface area contributed by atoms with Crippen molar-refractivity contribution in [2.24, 2.45) is 0 Å². The maximum Gasteiger partial charge on any atom is 0.245 e. The van der Waals surface area contributed by atoms with E-state index in [2.05, 4.69) is 4.72 Å². The summed E-state index contributed by atoms with van der Waals surface area (Å²) in [6.45, 7) is 4.32. The third kappa shape index (κ3) is 3.34. The van der Waals surface area contributed by atoms with Crippen molar-refractivity contribution in [2.75, 3.05) is 11.4 Å². The Balaban J connectivity index is 1.77. The molecule has 1 N–H and O–H groups in total. The average molecular weight is 344 g/mol. The van der Waals surface area contributed by atoms with Crippen LogP contribution >= 0.6 is 0 Å². The number of rotatable bonds is 4. The van der Waals surface area contributed by atoms with E-state index in [0.29, 0.717) is 13.0 Å². The Morgan fingerprint density at radius 3 is 2.42 bits per heavy atom. The summed E-state index contributed by atoms with van der Waals surface area (Å²) in [6, 6.07) is 13.6. The van der Waals surface area contributed by atoms with Gasteiger partial charge in [0, 0.05) is 12.2 Å². The summed E-state index contributed by atoms with van der Waals surface area (Å²) in [6.07, 6.45) is 0.456. The van der Waals surface area contributed by atoms with Crippen LogP contribution in [0.4, 0.5) is 5.69 Å². The number of hydrogen-bond acceptors (Lipinski definition) is 3. The first-order valence-electron chi connectivity index (χ1n) is 7.84. The Hall–Kier alpha value is -2.18. The molecular weight excluding hydrogens is 324 g/mol. The van der Waals surface area contributed by atoms with Crippen LogP contribution in [-0.2, 0) is 14.8 Å². The van der Waals surface area contributed by atoms with Gasteiger partial charge in [-0.3, -0.25) is 4.79 Å². The number of aryl methyl sites for hydroxylation is 2. The number of nitrogens with one attached hydrogen (secondary N) is 1. The lowest BCUT2D eigenvalue weighted by Gasteiger charge is -2.17. The minimum Gasteiger partial charge on any atom is -0.311 e. The largest absolute Gasteiger partial charge is 0.311 e. The molecule has 2 aromatic rings. The summed E-state index contributed by atoms with van der Waals surface area (Å²) in [5.74, 6) is -0.213. The summed E-state index contributed by atoms with van der Waals surface area (Å²) in [7, 11) is -3.71. The van der Waals surface area contributed by atoms with E-state index in [-0.39, 0.29) is 10.8 Å². The highest BCUT2D eigenvalue weighted by Crippen LogP contribution is 2.23. The second kappa shape index (κ2) is 6.37. The molecule has 3 rings (SSSR count). The molecule has 2 aromatic carbocycles. The fourth-order valence-corrected chi connectivity index (χ4v) is 4.14. The number of sulfonamides is 1. The van der Waals surface area contributed by atoms with E-state index < -0.39 is 16.1 Å². The molecule has 1 aliphatic heterocycles. The molecule has 1 aliphatic rings. The molecule has 6 heteroatoms. The van der Waals surface area contributed by atoms with Crippen LogP contribution in [0.15, 0.2) is 53.4 Å². The first-order chi connectivity index (χ1) is 11.4. The van der Waals surface area contributed by atoms with Gasteiger partial charge in [-0.2, -0.15) is 4.72 Å². The first-order valence-corrected chi connectivity index (χ1v) is 9.32. The third-order valence-corrected chi connectivity index (χ3v) is 5.62. The monoisotopic (exact) mass is 344 g/mol. The van der Waals surface area contributed by atoms with E-state index in [1.807, 2.05) is 44.2 Å². The minimum atomic E-state index is -3.71. The van der Waals surface area contributed by atoms with Gasteiger partial charge in [-0.15, -0.1) is 0 Å². The van der Waals surface area contributed by atoms with Crippen molar-refractivity contribution >= 4 is 21.6 Å². The lowest BCUT2D eigenvalue weighted by Crippen LogP contribution is -2.41. The van der Waals surface area contributed by atoms with Crippen LogP contribution in [0.3, 0.4) is 0 Å². The molecule has 1 atom stereocenters. The quantitative estimate of drug-likeness (QED) is 0.926. The molecule has 0 aromatic heterocycles. The van der Waals surface area contributed by atoms with Gasteiger partial charge >= 0.3 is 0 Å². The Labute approximate surface area is 142 Å². The number of hydrogen-bond donors (Lipinski definition) is 1. The van der Waals surface area contributed by atoms with Gasteiger partial charge in [-0.1, -0.05) is 29.8 Å². The molecule has 0 radical (unpaired) electrons. The molecule has 1 fully saturated rings. The van der Waals surface area contributed by atoms with E-state index in [1.165, 1.54) is 6.07 Å². The van der Waals surface area contributed by atoms with E-state index in [4.69, 9.17) is 0 Å². The number of carbonyl (C=O) groups excluding carboxylic acids is 1. The number of carbonyl (C=O) groups is 1. The van der Waals surface area contributed by atoms with Crippen LogP contribution in [0.25, 0.3) is 0 Å². The Kier molecular flexibility index (Phi) is 4.43. The molecular formula is C18H20N2O3S. The smallest absolute Gasteiger partial charge is 0.245 e. The summed E-state index contributed by atoms with van der Waals surface area (Å²) in [4.78, 5) is 14.4. The van der Waals surface area contributed by atoms with Crippen LogP contribution in [0.1, 0.15) is 17.5 Å². The van der Waals surface area contributed by atoms with Crippen LogP contribution in [0.2, 0.25) is 0 Å². The topological polar surface area (TPSA) is 66.5 Å². The van der Waals surface area contributed by atoms with Gasteiger partial charge in [0.2, 0.25) is 15.9 Å². The zero-order valence-corrected chi connectivity index (χ0v) is 14.5. The zero-order valence-electron chi connectivity index (χ0n) is 13.7. The molecule has 24 heavy (non-hydrogen) atoms. The summed E-state index contributed by atoms with van der Waals surface area (Å²) < 4.78 is 27.5. The lowest BCUT2D eigenvalue weighted by atomic mass is 10.2. The van der Waals surface area contributed by atoms with E-state index >= 15 is 0 Å². The van der Waals surface area contributed by atoms with E-state index in [9.17, 15) is 13.2 Å². The van der Waals surface area contributed by atoms with Crippen molar-refractivity contribution in [3.05, 3.63) is 59.7 Å². The second-order valence-corrected chi connectivity index (χ2v) is 7.82. The van der Waals surface area contributed by atoms with Crippen molar-refractivity contribution in [3.63, 3.8) is 0 Å². The van der Waals surface area contributed by atoms with Crippen molar-refractivity contribution in [3.8, 4) is 0 Å². The normalized spacial score (nSPS) is 18.2. The fourth-order valence-electron chi connectivity index (χ4n) is 2.81. The first kappa shape index (κ1) is 16.7. The molecule has 0 spiro atoms. The molecule has 5 nitrogen and oxygen atoms in total. The number of benzene rings is 2. The van der Waals surface area contributed by atoms with Gasteiger partial charge in [0.05, 0.1) is 4.90 Å². The lowest BCUT2D eigenvalue weighted by molar-refractivity contribution is -0.118. The maximum atomic E-state index is 12.6. The van der Waals surface area contributed by atoms with Crippen molar-refractivity contribution in [1.29, 1.82) is 0 Å². The third-order valence-electron chi connectivity index (χ3n) is 4.15. The number of amides is 1. The van der Waals surface area contributed by atoms with Gasteiger partial charge in [-0.05, 0) is 50.1 Å². The predicted molar refractivity (Wildman–Crippen MR) is 93.4 cm³/mol. The average Bonchev–Trinajstić information content (AvgIpc) is 2.89. The minimum absolute atomic E-state index is 0.184. The van der Waals surface area contributed by atoms with Gasteiger partial charge in [0.15, 0.2) is 0 Å². The standard InChI is InChI=1S/C18H20N2O3S/c1-13-6-8-15(9-7-13)20-11-10-17(18(20)21)19-24(22,23)16-5-3-4-14(2)12-16/h3-9,12,17,19H,10-11H2,1-2H3/t17-/m0/s1. The van der Waals surface area contributed by atoms with Gasteiger partial charge in [-0.25, -0.2) is 8.42 Å². The number of anilines is 1. The molecule has 0 aliphatic carbocycles.